The number of aliphatic carboxylic acids is 1. The summed E-state index contributed by atoms with van der Waals surface area (Å²) in [6.07, 6.45) is 1.35. The maximum Gasteiger partial charge on any atom is 0.341 e. The first kappa shape index (κ1) is 25.0. The second-order valence-electron chi connectivity index (χ2n) is 8.28. The zero-order valence-electron chi connectivity index (χ0n) is 19.7. The largest absolute Gasteiger partial charge is 0.482 e. The molecule has 6 heteroatoms. The van der Waals surface area contributed by atoms with E-state index in [1.54, 1.807) is 18.2 Å². The Morgan fingerprint density at radius 1 is 0.969 bits per heavy atom. The van der Waals surface area contributed by atoms with Gasteiger partial charge < -0.3 is 19.5 Å². The van der Waals surface area contributed by atoms with Gasteiger partial charge in [-0.15, -0.1) is 0 Å². The molecule has 32 heavy (non-hydrogen) atoms. The van der Waals surface area contributed by atoms with Crippen LogP contribution in [0.1, 0.15) is 58.8 Å². The number of rotatable bonds is 10. The summed E-state index contributed by atoms with van der Waals surface area (Å²) < 4.78 is 11.6. The van der Waals surface area contributed by atoms with Crippen LogP contribution in [0.5, 0.6) is 11.5 Å². The highest BCUT2D eigenvalue weighted by Crippen LogP contribution is 2.34. The van der Waals surface area contributed by atoms with E-state index in [1.807, 2.05) is 82.8 Å². The lowest BCUT2D eigenvalue weighted by molar-refractivity contribution is -0.139. The third kappa shape index (κ3) is 6.87. The minimum atomic E-state index is -1.08. The summed E-state index contributed by atoms with van der Waals surface area (Å²) in [5, 5.41) is 9.06. The Morgan fingerprint density at radius 2 is 1.59 bits per heavy atom. The molecule has 0 spiro atoms. The van der Waals surface area contributed by atoms with Crippen molar-refractivity contribution in [1.82, 2.24) is 4.90 Å². The van der Waals surface area contributed by atoms with Gasteiger partial charge in [-0.3, -0.25) is 4.79 Å². The maximum atomic E-state index is 12.8. The molecule has 1 unspecified atom stereocenters. The Balaban J connectivity index is 2.33. The fraction of sp³-hybridized carbons (Fsp3) is 0.385. The molecule has 0 bridgehead atoms. The Bertz CT molecular complexity index is 942. The molecule has 0 fully saturated rings. The molecule has 0 radical (unpaired) electrons. The van der Waals surface area contributed by atoms with Crippen molar-refractivity contribution in [3.63, 3.8) is 0 Å². The number of allylic oxidation sites excluding steroid dienone is 1. The van der Waals surface area contributed by atoms with Crippen LogP contribution < -0.4 is 9.47 Å². The van der Waals surface area contributed by atoms with Crippen LogP contribution in [-0.4, -0.2) is 40.6 Å². The summed E-state index contributed by atoms with van der Waals surface area (Å²) in [6.45, 7) is 11.2. The van der Waals surface area contributed by atoms with Gasteiger partial charge in [0.2, 0.25) is 5.91 Å². The van der Waals surface area contributed by atoms with Crippen molar-refractivity contribution < 1.29 is 24.2 Å². The van der Waals surface area contributed by atoms with Crippen LogP contribution in [-0.2, 0) is 9.59 Å². The van der Waals surface area contributed by atoms with E-state index >= 15 is 0 Å². The number of carbonyl (C=O) groups excluding carboxylic acids is 1. The van der Waals surface area contributed by atoms with Gasteiger partial charge in [0.1, 0.15) is 6.10 Å². The van der Waals surface area contributed by atoms with E-state index in [0.29, 0.717) is 11.5 Å². The number of carbonyl (C=O) groups is 2. The number of ether oxygens (including phenoxy) is 2. The van der Waals surface area contributed by atoms with Gasteiger partial charge >= 0.3 is 5.97 Å². The second-order valence-corrected chi connectivity index (χ2v) is 8.28. The molecule has 0 aliphatic rings. The van der Waals surface area contributed by atoms with Gasteiger partial charge in [0.25, 0.3) is 0 Å². The average molecular weight is 440 g/mol. The zero-order chi connectivity index (χ0) is 23.8. The van der Waals surface area contributed by atoms with Crippen LogP contribution >= 0.6 is 0 Å². The van der Waals surface area contributed by atoms with E-state index < -0.39 is 12.6 Å². The SMILES string of the molecule is C/C(=C\C(=O)N(C(C)C)C(C)C)c1ccc(OC(C)c2ccccc2)c(OCC(=O)O)c1. The molecule has 1 N–H and O–H groups in total. The van der Waals surface area contributed by atoms with E-state index in [1.165, 1.54) is 0 Å². The maximum absolute atomic E-state index is 12.8. The molecule has 2 rings (SSSR count). The van der Waals surface area contributed by atoms with Crippen molar-refractivity contribution in [2.45, 2.75) is 59.7 Å². The summed E-state index contributed by atoms with van der Waals surface area (Å²) in [5.74, 6) is -0.392. The number of benzene rings is 2. The van der Waals surface area contributed by atoms with Gasteiger partial charge in [-0.2, -0.15) is 0 Å². The van der Waals surface area contributed by atoms with E-state index in [4.69, 9.17) is 14.6 Å². The zero-order valence-corrected chi connectivity index (χ0v) is 19.7. The molecule has 0 saturated heterocycles. The van der Waals surface area contributed by atoms with Crippen LogP contribution in [0.4, 0.5) is 0 Å². The van der Waals surface area contributed by atoms with Crippen LogP contribution in [0, 0.1) is 0 Å². The molecule has 2 aromatic carbocycles. The first-order chi connectivity index (χ1) is 15.1. The Kier molecular flexibility index (Phi) is 8.88. The molecular formula is C26H33NO5. The van der Waals surface area contributed by atoms with Gasteiger partial charge in [-0.1, -0.05) is 36.4 Å². The fourth-order valence-electron chi connectivity index (χ4n) is 3.53. The van der Waals surface area contributed by atoms with Gasteiger partial charge in [0, 0.05) is 18.2 Å². The summed E-state index contributed by atoms with van der Waals surface area (Å²) in [5.41, 5.74) is 2.50. The summed E-state index contributed by atoms with van der Waals surface area (Å²) in [6, 6.07) is 15.2. The minimum Gasteiger partial charge on any atom is -0.482 e. The van der Waals surface area contributed by atoms with E-state index in [2.05, 4.69) is 0 Å². The second kappa shape index (κ2) is 11.4. The Hall–Kier alpha value is -3.28. The predicted molar refractivity (Wildman–Crippen MR) is 126 cm³/mol. The molecule has 6 nitrogen and oxygen atoms in total. The van der Waals surface area contributed by atoms with Crippen molar-refractivity contribution >= 4 is 17.4 Å². The van der Waals surface area contributed by atoms with Crippen molar-refractivity contribution in [2.24, 2.45) is 0 Å². The number of carboxylic acids is 1. The predicted octanol–water partition coefficient (Wildman–Crippen LogP) is 5.34. The van der Waals surface area contributed by atoms with Crippen molar-refractivity contribution in [2.75, 3.05) is 6.61 Å². The van der Waals surface area contributed by atoms with Crippen LogP contribution in [0.2, 0.25) is 0 Å². The molecule has 1 atom stereocenters. The highest BCUT2D eigenvalue weighted by atomic mass is 16.5. The Labute approximate surface area is 190 Å². The molecule has 172 valence electrons. The van der Waals surface area contributed by atoms with Crippen molar-refractivity contribution in [3.8, 4) is 11.5 Å². The summed E-state index contributed by atoms with van der Waals surface area (Å²) in [4.78, 5) is 25.7. The minimum absolute atomic E-state index is 0.0708. The first-order valence-corrected chi connectivity index (χ1v) is 10.8. The van der Waals surface area contributed by atoms with E-state index in [0.717, 1.165) is 16.7 Å². The molecule has 0 aliphatic heterocycles. The molecule has 0 heterocycles. The number of carboxylic acid groups (broad SMARTS) is 1. The molecule has 1 amide bonds. The van der Waals surface area contributed by atoms with E-state index in [-0.39, 0.29) is 24.1 Å². The standard InChI is InChI=1S/C26H33NO5/c1-17(2)27(18(3)4)25(28)14-19(5)22-12-13-23(24(15-22)31-16-26(29)30)32-20(6)21-10-8-7-9-11-21/h7-15,17-18,20H,16H2,1-6H3,(H,29,30)/b19-14+. The molecular weight excluding hydrogens is 406 g/mol. The van der Waals surface area contributed by atoms with Gasteiger partial charge in [-0.25, -0.2) is 4.79 Å². The quantitative estimate of drug-likeness (QED) is 0.506. The number of nitrogens with zero attached hydrogens (tertiary/aromatic N) is 1. The van der Waals surface area contributed by atoms with Gasteiger partial charge in [0.15, 0.2) is 18.1 Å². The average Bonchev–Trinajstić information content (AvgIpc) is 2.72. The van der Waals surface area contributed by atoms with Gasteiger partial charge in [0.05, 0.1) is 0 Å². The lowest BCUT2D eigenvalue weighted by atomic mass is 10.1. The summed E-state index contributed by atoms with van der Waals surface area (Å²) in [7, 11) is 0. The number of hydrogen-bond donors (Lipinski definition) is 1. The molecule has 0 aromatic heterocycles. The lowest BCUT2D eigenvalue weighted by Crippen LogP contribution is -2.41. The van der Waals surface area contributed by atoms with E-state index in [9.17, 15) is 9.59 Å². The lowest BCUT2D eigenvalue weighted by Gasteiger charge is -2.30. The third-order valence-corrected chi connectivity index (χ3v) is 5.03. The third-order valence-electron chi connectivity index (χ3n) is 5.03. The first-order valence-electron chi connectivity index (χ1n) is 10.8. The number of amides is 1. The summed E-state index contributed by atoms with van der Waals surface area (Å²) >= 11 is 0. The molecule has 0 aliphatic carbocycles. The highest BCUT2D eigenvalue weighted by molar-refractivity contribution is 5.95. The van der Waals surface area contributed by atoms with Crippen LogP contribution in [0.25, 0.3) is 5.57 Å². The van der Waals surface area contributed by atoms with Crippen molar-refractivity contribution in [3.05, 3.63) is 65.7 Å². The normalized spacial score (nSPS) is 12.6. The molecule has 2 aromatic rings. The highest BCUT2D eigenvalue weighted by Gasteiger charge is 2.19. The topological polar surface area (TPSA) is 76.1 Å². The van der Waals surface area contributed by atoms with Gasteiger partial charge in [-0.05, 0) is 70.4 Å². The molecule has 0 saturated carbocycles. The van der Waals surface area contributed by atoms with Crippen LogP contribution in [0.3, 0.4) is 0 Å². The Morgan fingerprint density at radius 3 is 2.16 bits per heavy atom. The fourth-order valence-corrected chi connectivity index (χ4v) is 3.53. The smallest absolute Gasteiger partial charge is 0.341 e. The van der Waals surface area contributed by atoms with Crippen molar-refractivity contribution in [1.29, 1.82) is 0 Å². The monoisotopic (exact) mass is 439 g/mol. The number of hydrogen-bond acceptors (Lipinski definition) is 4. The van der Waals surface area contributed by atoms with Crippen LogP contribution in [0.15, 0.2) is 54.6 Å².